The van der Waals surface area contributed by atoms with Crippen molar-refractivity contribution >= 4 is 27.3 Å². The fourth-order valence-corrected chi connectivity index (χ4v) is 2.16. The van der Waals surface area contributed by atoms with E-state index < -0.39 is 0 Å². The van der Waals surface area contributed by atoms with Gasteiger partial charge in [-0.25, -0.2) is 4.98 Å². The van der Waals surface area contributed by atoms with Crippen LogP contribution in [0.5, 0.6) is 0 Å². The lowest BCUT2D eigenvalue weighted by Gasteiger charge is -1.95. The molecular formula is C9H7BrN2OS. The maximum absolute atomic E-state index is 8.90. The number of aromatic nitrogens is 2. The molecule has 0 aromatic carbocycles. The molecule has 2 aromatic rings. The van der Waals surface area contributed by atoms with Crippen molar-refractivity contribution in [1.29, 1.82) is 0 Å². The summed E-state index contributed by atoms with van der Waals surface area (Å²) < 4.78 is 0.927. The van der Waals surface area contributed by atoms with E-state index in [2.05, 4.69) is 25.9 Å². The van der Waals surface area contributed by atoms with Gasteiger partial charge in [-0.15, -0.1) is 11.3 Å². The lowest BCUT2D eigenvalue weighted by molar-refractivity contribution is 0.285. The SMILES string of the molecule is OCc1cnc(-c2cncc(Br)c2)s1. The van der Waals surface area contributed by atoms with Crippen molar-refractivity contribution in [3.63, 3.8) is 0 Å². The average Bonchev–Trinajstić information content (AvgIpc) is 2.66. The van der Waals surface area contributed by atoms with Crippen molar-refractivity contribution in [2.45, 2.75) is 6.61 Å². The molecule has 0 aliphatic rings. The van der Waals surface area contributed by atoms with Crippen LogP contribution in [-0.2, 0) is 6.61 Å². The third-order valence-corrected chi connectivity index (χ3v) is 3.13. The molecule has 0 radical (unpaired) electrons. The Bertz CT molecular complexity index is 444. The number of hydrogen-bond acceptors (Lipinski definition) is 4. The van der Waals surface area contributed by atoms with Gasteiger partial charge in [0.25, 0.3) is 0 Å². The Hall–Kier alpha value is -0.780. The third-order valence-electron chi connectivity index (χ3n) is 1.66. The molecule has 0 aliphatic heterocycles. The fourth-order valence-electron chi connectivity index (χ4n) is 1.04. The van der Waals surface area contributed by atoms with Gasteiger partial charge >= 0.3 is 0 Å². The zero-order valence-electron chi connectivity index (χ0n) is 7.14. The van der Waals surface area contributed by atoms with Crippen LogP contribution >= 0.6 is 27.3 Å². The van der Waals surface area contributed by atoms with Crippen LogP contribution < -0.4 is 0 Å². The minimum atomic E-state index is 0.0408. The number of hydrogen-bond donors (Lipinski definition) is 1. The zero-order chi connectivity index (χ0) is 9.97. The van der Waals surface area contributed by atoms with Crippen molar-refractivity contribution in [3.05, 3.63) is 34.0 Å². The Morgan fingerprint density at radius 2 is 2.21 bits per heavy atom. The monoisotopic (exact) mass is 270 g/mol. The van der Waals surface area contributed by atoms with Gasteiger partial charge in [0.05, 0.1) is 11.5 Å². The second-order valence-corrected chi connectivity index (χ2v) is 4.71. The summed E-state index contributed by atoms with van der Waals surface area (Å²) >= 11 is 4.82. The van der Waals surface area contributed by atoms with Crippen molar-refractivity contribution in [3.8, 4) is 10.6 Å². The summed E-state index contributed by atoms with van der Waals surface area (Å²) in [5.74, 6) is 0. The molecule has 3 nitrogen and oxygen atoms in total. The first-order valence-corrected chi connectivity index (χ1v) is 5.57. The van der Waals surface area contributed by atoms with Crippen LogP contribution in [0.2, 0.25) is 0 Å². The smallest absolute Gasteiger partial charge is 0.125 e. The van der Waals surface area contributed by atoms with Gasteiger partial charge in [-0.05, 0) is 22.0 Å². The zero-order valence-corrected chi connectivity index (χ0v) is 9.55. The molecule has 72 valence electrons. The summed E-state index contributed by atoms with van der Waals surface area (Å²) in [6, 6.07) is 1.95. The Morgan fingerprint density at radius 3 is 2.86 bits per heavy atom. The maximum Gasteiger partial charge on any atom is 0.125 e. The van der Waals surface area contributed by atoms with Crippen LogP contribution in [0.3, 0.4) is 0 Å². The summed E-state index contributed by atoms with van der Waals surface area (Å²) in [4.78, 5) is 9.11. The quantitative estimate of drug-likeness (QED) is 0.912. The molecule has 0 atom stereocenters. The third kappa shape index (κ3) is 2.00. The van der Waals surface area contributed by atoms with E-state index in [1.807, 2.05) is 6.07 Å². The molecule has 2 rings (SSSR count). The standard InChI is InChI=1S/C9H7BrN2OS/c10-7-1-6(2-11-3-7)9-12-4-8(5-13)14-9/h1-4,13H,5H2. The van der Waals surface area contributed by atoms with E-state index in [1.54, 1.807) is 18.6 Å². The molecule has 2 aromatic heterocycles. The van der Waals surface area contributed by atoms with Crippen molar-refractivity contribution in [2.75, 3.05) is 0 Å². The normalized spacial score (nSPS) is 10.4. The van der Waals surface area contributed by atoms with Gasteiger partial charge in [0.2, 0.25) is 0 Å². The lowest BCUT2D eigenvalue weighted by Crippen LogP contribution is -1.77. The highest BCUT2D eigenvalue weighted by Gasteiger charge is 2.04. The van der Waals surface area contributed by atoms with E-state index in [4.69, 9.17) is 5.11 Å². The number of halogens is 1. The minimum absolute atomic E-state index is 0.0408. The predicted molar refractivity (Wildman–Crippen MR) is 59.0 cm³/mol. The number of rotatable bonds is 2. The Labute approximate surface area is 93.6 Å². The summed E-state index contributed by atoms with van der Waals surface area (Å²) in [5, 5.41) is 9.78. The van der Waals surface area contributed by atoms with Gasteiger partial charge in [-0.3, -0.25) is 4.98 Å². The van der Waals surface area contributed by atoms with Gasteiger partial charge in [0.15, 0.2) is 0 Å². The van der Waals surface area contributed by atoms with Crippen LogP contribution in [0.25, 0.3) is 10.6 Å². The Kier molecular flexibility index (Phi) is 2.90. The van der Waals surface area contributed by atoms with Crippen LogP contribution in [0.4, 0.5) is 0 Å². The fraction of sp³-hybridized carbons (Fsp3) is 0.111. The second-order valence-electron chi connectivity index (χ2n) is 2.68. The van der Waals surface area contributed by atoms with E-state index >= 15 is 0 Å². The molecule has 0 bridgehead atoms. The largest absolute Gasteiger partial charge is 0.391 e. The highest BCUT2D eigenvalue weighted by atomic mass is 79.9. The van der Waals surface area contributed by atoms with Crippen molar-refractivity contribution in [1.82, 2.24) is 9.97 Å². The number of nitrogens with zero attached hydrogens (tertiary/aromatic N) is 2. The number of pyridine rings is 1. The maximum atomic E-state index is 8.90. The van der Waals surface area contributed by atoms with Gasteiger partial charge in [-0.1, -0.05) is 0 Å². The van der Waals surface area contributed by atoms with Crippen molar-refractivity contribution in [2.24, 2.45) is 0 Å². The first-order valence-electron chi connectivity index (χ1n) is 3.96. The van der Waals surface area contributed by atoms with Gasteiger partial charge in [0, 0.05) is 28.6 Å². The number of thiazole rings is 1. The molecule has 0 unspecified atom stereocenters. The highest BCUT2D eigenvalue weighted by Crippen LogP contribution is 2.26. The molecule has 2 heterocycles. The van der Waals surface area contributed by atoms with E-state index in [1.165, 1.54) is 11.3 Å². The van der Waals surface area contributed by atoms with Gasteiger partial charge in [-0.2, -0.15) is 0 Å². The molecule has 1 N–H and O–H groups in total. The van der Waals surface area contributed by atoms with E-state index in [-0.39, 0.29) is 6.61 Å². The number of aliphatic hydroxyl groups excluding tert-OH is 1. The van der Waals surface area contributed by atoms with E-state index in [9.17, 15) is 0 Å². The molecule has 0 aliphatic carbocycles. The number of aliphatic hydroxyl groups is 1. The highest BCUT2D eigenvalue weighted by molar-refractivity contribution is 9.10. The van der Waals surface area contributed by atoms with Crippen LogP contribution in [0.1, 0.15) is 4.88 Å². The van der Waals surface area contributed by atoms with Gasteiger partial charge in [0.1, 0.15) is 5.01 Å². The van der Waals surface area contributed by atoms with Crippen LogP contribution in [0.15, 0.2) is 29.1 Å². The first-order chi connectivity index (χ1) is 6.79. The summed E-state index contributed by atoms with van der Waals surface area (Å²) in [5.41, 5.74) is 0.962. The van der Waals surface area contributed by atoms with Gasteiger partial charge < -0.3 is 5.11 Å². The summed E-state index contributed by atoms with van der Waals surface area (Å²) in [7, 11) is 0. The molecule has 5 heteroatoms. The summed E-state index contributed by atoms with van der Waals surface area (Å²) in [6.45, 7) is 0.0408. The van der Waals surface area contributed by atoms with Crippen LogP contribution in [-0.4, -0.2) is 15.1 Å². The Morgan fingerprint density at radius 1 is 1.36 bits per heavy atom. The summed E-state index contributed by atoms with van der Waals surface area (Å²) in [6.07, 6.45) is 5.16. The lowest BCUT2D eigenvalue weighted by atomic mass is 10.3. The molecule has 0 fully saturated rings. The van der Waals surface area contributed by atoms with E-state index in [0.717, 1.165) is 19.9 Å². The molecular weight excluding hydrogens is 264 g/mol. The first kappa shape index (κ1) is 9.76. The second kappa shape index (κ2) is 4.16. The molecule has 0 amide bonds. The predicted octanol–water partition coefficient (Wildman–Crippen LogP) is 2.46. The average molecular weight is 271 g/mol. The Balaban J connectivity index is 2.39. The van der Waals surface area contributed by atoms with Crippen molar-refractivity contribution < 1.29 is 5.11 Å². The van der Waals surface area contributed by atoms with Crippen LogP contribution in [0, 0.1) is 0 Å². The molecule has 0 spiro atoms. The minimum Gasteiger partial charge on any atom is -0.391 e. The molecule has 0 saturated carbocycles. The topological polar surface area (TPSA) is 46.0 Å². The van der Waals surface area contributed by atoms with E-state index in [0.29, 0.717) is 0 Å². The molecule has 0 saturated heterocycles. The molecule has 14 heavy (non-hydrogen) atoms.